The van der Waals surface area contributed by atoms with E-state index in [4.69, 9.17) is 4.74 Å². The zero-order valence-corrected chi connectivity index (χ0v) is 19.1. The van der Waals surface area contributed by atoms with E-state index in [0.29, 0.717) is 18.8 Å². The van der Waals surface area contributed by atoms with Gasteiger partial charge in [0.2, 0.25) is 15.8 Å². The molecule has 1 N–H and O–H groups in total. The van der Waals surface area contributed by atoms with Gasteiger partial charge in [-0.15, -0.1) is 0 Å². The van der Waals surface area contributed by atoms with Crippen molar-refractivity contribution in [2.24, 2.45) is 0 Å². The third kappa shape index (κ3) is 5.76. The summed E-state index contributed by atoms with van der Waals surface area (Å²) in [6.45, 7) is 0.408. The van der Waals surface area contributed by atoms with Gasteiger partial charge in [-0.05, 0) is 37.1 Å². The summed E-state index contributed by atoms with van der Waals surface area (Å²) < 4.78 is 46.4. The Hall–Kier alpha value is -3.25. The van der Waals surface area contributed by atoms with Crippen LogP contribution in [0.4, 0.5) is 21.5 Å². The van der Waals surface area contributed by atoms with Gasteiger partial charge >= 0.3 is 5.69 Å². The molecule has 1 amide bonds. The molecule has 0 bridgehead atoms. The van der Waals surface area contributed by atoms with Crippen LogP contribution in [0.25, 0.3) is 0 Å². The fourth-order valence-corrected chi connectivity index (χ4v) is 5.02. The van der Waals surface area contributed by atoms with Crippen molar-refractivity contribution in [1.29, 1.82) is 0 Å². The minimum atomic E-state index is -3.70. The van der Waals surface area contributed by atoms with E-state index in [-0.39, 0.29) is 16.3 Å². The summed E-state index contributed by atoms with van der Waals surface area (Å²) >= 11 is 0. The largest absolute Gasteiger partial charge is 0.484 e. The quantitative estimate of drug-likeness (QED) is 0.455. The van der Waals surface area contributed by atoms with E-state index in [9.17, 15) is 27.7 Å². The van der Waals surface area contributed by atoms with E-state index >= 15 is 0 Å². The maximum Gasteiger partial charge on any atom is 0.305 e. The molecule has 1 aliphatic heterocycles. The van der Waals surface area contributed by atoms with Crippen molar-refractivity contribution in [3.8, 4) is 5.75 Å². The lowest BCUT2D eigenvalue weighted by molar-refractivity contribution is -0.387. The molecule has 0 aromatic heterocycles. The number of rotatable bonds is 8. The number of benzene rings is 2. The molecule has 0 unspecified atom stereocenters. The van der Waals surface area contributed by atoms with E-state index in [1.54, 1.807) is 25.1 Å². The van der Waals surface area contributed by atoms with Gasteiger partial charge in [0, 0.05) is 39.3 Å². The third-order valence-corrected chi connectivity index (χ3v) is 7.06. The van der Waals surface area contributed by atoms with Gasteiger partial charge in [-0.1, -0.05) is 6.42 Å². The molecule has 0 atom stereocenters. The zero-order valence-electron chi connectivity index (χ0n) is 18.3. The first-order valence-corrected chi connectivity index (χ1v) is 11.7. The van der Waals surface area contributed by atoms with Crippen molar-refractivity contribution in [3.05, 3.63) is 52.3 Å². The molecule has 1 aliphatic rings. The maximum absolute atomic E-state index is 13.7. The Morgan fingerprint density at radius 3 is 2.48 bits per heavy atom. The van der Waals surface area contributed by atoms with Crippen LogP contribution >= 0.6 is 0 Å². The second-order valence-corrected chi connectivity index (χ2v) is 9.68. The number of carbonyl (C=O) groups is 1. The van der Waals surface area contributed by atoms with Crippen LogP contribution < -0.4 is 15.0 Å². The van der Waals surface area contributed by atoms with Crippen LogP contribution in [0, 0.1) is 15.9 Å². The lowest BCUT2D eigenvalue weighted by Gasteiger charge is -2.26. The Morgan fingerprint density at radius 2 is 1.88 bits per heavy atom. The first kappa shape index (κ1) is 24.4. The van der Waals surface area contributed by atoms with Gasteiger partial charge in [-0.2, -0.15) is 8.70 Å². The number of carbonyl (C=O) groups excluding carboxylic acids is 1. The van der Waals surface area contributed by atoms with Gasteiger partial charge in [-0.25, -0.2) is 8.42 Å². The van der Waals surface area contributed by atoms with Gasteiger partial charge in [0.05, 0.1) is 21.2 Å². The number of nitrogens with one attached hydrogen (secondary N) is 1. The summed E-state index contributed by atoms with van der Waals surface area (Å²) in [6.07, 6.45) is 2.60. The molecule has 33 heavy (non-hydrogen) atoms. The average molecular weight is 481 g/mol. The number of amides is 1. The first-order valence-electron chi connectivity index (χ1n) is 10.3. The molecule has 178 valence electrons. The molecule has 2 aromatic rings. The van der Waals surface area contributed by atoms with Crippen LogP contribution in [0.2, 0.25) is 0 Å². The summed E-state index contributed by atoms with van der Waals surface area (Å²) in [4.78, 5) is 24.1. The first-order chi connectivity index (χ1) is 15.6. The van der Waals surface area contributed by atoms with E-state index in [1.165, 1.54) is 22.5 Å². The number of hydrogen-bond donors (Lipinski definition) is 1. The van der Waals surface area contributed by atoms with E-state index in [1.807, 2.05) is 0 Å². The van der Waals surface area contributed by atoms with Crippen molar-refractivity contribution in [1.82, 2.24) is 4.31 Å². The number of sulfonamides is 1. The van der Waals surface area contributed by atoms with E-state index in [2.05, 4.69) is 5.32 Å². The fraction of sp³-hybridized carbons (Fsp3) is 0.381. The van der Waals surface area contributed by atoms with Crippen LogP contribution in [-0.4, -0.2) is 57.3 Å². The molecule has 0 aliphatic carbocycles. The summed E-state index contributed by atoms with van der Waals surface area (Å²) in [5.74, 6) is -1.74. The number of ether oxygens (including phenoxy) is 1. The van der Waals surface area contributed by atoms with E-state index < -0.39 is 39.0 Å². The lowest BCUT2D eigenvalue weighted by atomic mass is 10.2. The monoisotopic (exact) mass is 480 g/mol. The Bertz CT molecular complexity index is 1150. The summed E-state index contributed by atoms with van der Waals surface area (Å²) in [5, 5.41) is 13.3. The minimum absolute atomic E-state index is 0.0532. The molecule has 3 rings (SSSR count). The number of anilines is 2. The molecule has 0 saturated carbocycles. The molecule has 10 nitrogen and oxygen atoms in total. The van der Waals surface area contributed by atoms with Crippen LogP contribution in [0.5, 0.6) is 5.75 Å². The van der Waals surface area contributed by atoms with Gasteiger partial charge in [0.25, 0.3) is 5.91 Å². The maximum atomic E-state index is 13.7. The summed E-state index contributed by atoms with van der Waals surface area (Å²) in [5.41, 5.74) is 0.165. The predicted octanol–water partition coefficient (Wildman–Crippen LogP) is 2.99. The van der Waals surface area contributed by atoms with E-state index in [0.717, 1.165) is 31.4 Å². The Morgan fingerprint density at radius 1 is 1.18 bits per heavy atom. The smallest absolute Gasteiger partial charge is 0.305 e. The number of nitro benzene ring substituents is 1. The highest BCUT2D eigenvalue weighted by atomic mass is 32.2. The van der Waals surface area contributed by atoms with Gasteiger partial charge in [0.15, 0.2) is 6.61 Å². The normalized spacial score (nSPS) is 14.5. The Kier molecular flexibility index (Phi) is 7.49. The van der Waals surface area contributed by atoms with Gasteiger partial charge in [0.1, 0.15) is 5.75 Å². The molecule has 1 saturated heterocycles. The summed E-state index contributed by atoms with van der Waals surface area (Å²) in [7, 11) is -0.198. The number of halogens is 1. The van der Waals surface area contributed by atoms with Crippen molar-refractivity contribution >= 4 is 33.0 Å². The lowest BCUT2D eigenvalue weighted by Crippen LogP contribution is -2.35. The molecule has 2 aromatic carbocycles. The van der Waals surface area contributed by atoms with Crippen LogP contribution in [-0.2, 0) is 14.8 Å². The molecule has 1 fully saturated rings. The highest BCUT2D eigenvalue weighted by Gasteiger charge is 2.27. The molecule has 1 heterocycles. The van der Waals surface area contributed by atoms with Gasteiger partial charge < -0.3 is 15.0 Å². The molecular weight excluding hydrogens is 455 g/mol. The van der Waals surface area contributed by atoms with Gasteiger partial charge in [-0.3, -0.25) is 14.9 Å². The van der Waals surface area contributed by atoms with Crippen LogP contribution in [0.3, 0.4) is 0 Å². The standard InChI is InChI=1S/C21H25FN4O6S/c1-24(2)20-9-7-16(33(30,31)25-10-4-3-5-11-25)13-18(20)23-21(27)14-32-15-6-8-19(26(28)29)17(22)12-15/h6-9,12-13H,3-5,10-11,14H2,1-2H3,(H,23,27). The summed E-state index contributed by atoms with van der Waals surface area (Å²) in [6, 6.07) is 7.47. The highest BCUT2D eigenvalue weighted by Crippen LogP contribution is 2.30. The fourth-order valence-electron chi connectivity index (χ4n) is 3.48. The average Bonchev–Trinajstić information content (AvgIpc) is 2.78. The Balaban J connectivity index is 1.76. The second kappa shape index (κ2) is 10.1. The van der Waals surface area contributed by atoms with Crippen LogP contribution in [0.15, 0.2) is 41.3 Å². The number of nitrogens with zero attached hydrogens (tertiary/aromatic N) is 3. The number of nitro groups is 1. The van der Waals surface area contributed by atoms with Crippen molar-refractivity contribution < 1.29 is 27.3 Å². The third-order valence-electron chi connectivity index (χ3n) is 5.16. The number of hydrogen-bond acceptors (Lipinski definition) is 7. The zero-order chi connectivity index (χ0) is 24.2. The molecule has 0 spiro atoms. The predicted molar refractivity (Wildman–Crippen MR) is 121 cm³/mol. The Labute approximate surface area is 191 Å². The molecule has 0 radical (unpaired) electrons. The highest BCUT2D eigenvalue weighted by molar-refractivity contribution is 7.89. The van der Waals surface area contributed by atoms with Crippen molar-refractivity contribution in [2.75, 3.05) is 44.0 Å². The SMILES string of the molecule is CN(C)c1ccc(S(=O)(=O)N2CCCCC2)cc1NC(=O)COc1ccc([N+](=O)[O-])c(F)c1. The van der Waals surface area contributed by atoms with Crippen molar-refractivity contribution in [3.63, 3.8) is 0 Å². The number of piperidine rings is 1. The molecular formula is C21H25FN4O6S. The van der Waals surface area contributed by atoms with Crippen LogP contribution in [0.1, 0.15) is 19.3 Å². The topological polar surface area (TPSA) is 122 Å². The second-order valence-electron chi connectivity index (χ2n) is 7.75. The molecule has 12 heteroatoms. The minimum Gasteiger partial charge on any atom is -0.484 e. The van der Waals surface area contributed by atoms with Crippen molar-refractivity contribution in [2.45, 2.75) is 24.2 Å².